The molecule has 0 aromatic heterocycles. The van der Waals surface area contributed by atoms with Crippen molar-refractivity contribution >= 4 is 43.8 Å². The molecule has 0 saturated heterocycles. The van der Waals surface area contributed by atoms with Crippen LogP contribution in [0.15, 0.2) is 0 Å². The van der Waals surface area contributed by atoms with Crippen LogP contribution in [-0.4, -0.2) is 43.8 Å². The average molecular weight is 399 g/mol. The van der Waals surface area contributed by atoms with Crippen molar-refractivity contribution in [2.45, 2.75) is 95.7 Å². The summed E-state index contributed by atoms with van der Waals surface area (Å²) in [5.74, 6) is 3.70. The first-order valence-electron chi connectivity index (χ1n) is 10.8. The molecule has 0 fully saturated rings. The van der Waals surface area contributed by atoms with Gasteiger partial charge in [0.1, 0.15) is 0 Å². The summed E-state index contributed by atoms with van der Waals surface area (Å²) < 4.78 is 13.7. The van der Waals surface area contributed by atoms with Gasteiger partial charge in [0.25, 0.3) is 0 Å². The highest BCUT2D eigenvalue weighted by Crippen LogP contribution is 2.22. The number of hydrogen-bond acceptors (Lipinski definition) is 2. The third kappa shape index (κ3) is 16.2. The molecule has 25 heavy (non-hydrogen) atoms. The van der Waals surface area contributed by atoms with Crippen LogP contribution in [0.1, 0.15) is 69.2 Å². The fraction of sp³-hybridized carbons (Fsp3) is 1.00. The van der Waals surface area contributed by atoms with Crippen molar-refractivity contribution in [1.82, 2.24) is 0 Å². The van der Waals surface area contributed by atoms with E-state index in [2.05, 4.69) is 69.2 Å². The minimum Gasteiger partial charge on any atom is -0.615 e. The molecule has 0 N–H and O–H groups in total. The van der Waals surface area contributed by atoms with Crippen LogP contribution in [0.2, 0.25) is 26.4 Å². The third-order valence-electron chi connectivity index (χ3n) is 4.29. The maximum absolute atomic E-state index is 6.87. The van der Waals surface area contributed by atoms with Gasteiger partial charge < -0.3 is 5.68 Å². The Balaban J connectivity index is 5.01. The summed E-state index contributed by atoms with van der Waals surface area (Å²) in [7, 11) is 0. The second kappa shape index (κ2) is 14.5. The second-order valence-corrected chi connectivity index (χ2v) is 18.0. The molecule has 0 aliphatic heterocycles. The lowest BCUT2D eigenvalue weighted by molar-refractivity contribution is 0.399. The molecule has 0 unspecified atom stereocenters. The zero-order chi connectivity index (χ0) is 19.6. The molecule has 5 heteroatoms. The highest BCUT2D eigenvalue weighted by atomic mass is 27.3. The molecule has 0 aliphatic rings. The summed E-state index contributed by atoms with van der Waals surface area (Å²) in [6.45, 7) is 23.4. The monoisotopic (exact) mass is 398 g/mol. The molecule has 0 aromatic rings. The molecule has 0 bridgehead atoms. The fourth-order valence-corrected chi connectivity index (χ4v) is 15.8. The van der Waals surface area contributed by atoms with E-state index in [1.165, 1.54) is 26.4 Å². The summed E-state index contributed by atoms with van der Waals surface area (Å²) in [6, 6.07) is 0. The first-order valence-corrected chi connectivity index (χ1v) is 16.8. The Hall–Kier alpha value is 1.52. The molecular formula is C20H45Al3O2. The van der Waals surface area contributed by atoms with E-state index in [4.69, 9.17) is 5.68 Å². The molecule has 0 aliphatic carbocycles. The van der Waals surface area contributed by atoms with Crippen LogP contribution in [0.5, 0.6) is 0 Å². The van der Waals surface area contributed by atoms with E-state index < -0.39 is 43.8 Å². The van der Waals surface area contributed by atoms with Crippen molar-refractivity contribution in [2.24, 2.45) is 29.6 Å². The Morgan fingerprint density at radius 1 is 0.440 bits per heavy atom. The minimum absolute atomic E-state index is 0.692. The molecule has 0 radical (unpaired) electrons. The van der Waals surface area contributed by atoms with Gasteiger partial charge in [0, 0.05) is 0 Å². The Labute approximate surface area is 173 Å². The molecule has 0 saturated carbocycles. The van der Waals surface area contributed by atoms with E-state index in [1.807, 2.05) is 0 Å². The smallest absolute Gasteiger partial charge is 0.613 e. The molecule has 146 valence electrons. The van der Waals surface area contributed by atoms with E-state index in [0.29, 0.717) is 5.92 Å². The molecule has 0 atom stereocenters. The van der Waals surface area contributed by atoms with Gasteiger partial charge in [-0.3, -0.25) is 0 Å². The van der Waals surface area contributed by atoms with E-state index in [1.54, 1.807) is 0 Å². The maximum Gasteiger partial charge on any atom is 0.613 e. The highest BCUT2D eigenvalue weighted by Gasteiger charge is 2.36. The van der Waals surface area contributed by atoms with Gasteiger partial charge in [0.05, 0.1) is 0 Å². The summed E-state index contributed by atoms with van der Waals surface area (Å²) in [6.07, 6.45) is 0. The third-order valence-corrected chi connectivity index (χ3v) is 17.0. The van der Waals surface area contributed by atoms with Gasteiger partial charge in [-0.05, 0) is 5.28 Å². The normalized spacial score (nSPS) is 12.1. The van der Waals surface area contributed by atoms with Crippen molar-refractivity contribution < 1.29 is 5.68 Å². The Morgan fingerprint density at radius 2 is 0.680 bits per heavy atom. The first kappa shape index (κ1) is 26.5. The predicted molar refractivity (Wildman–Crippen MR) is 118 cm³/mol. The number of rotatable bonds is 14. The summed E-state index contributed by atoms with van der Waals surface area (Å²) in [5, 5.41) is 6.43. The van der Waals surface area contributed by atoms with Crippen molar-refractivity contribution in [3.8, 4) is 0 Å². The topological polar surface area (TPSA) is 18.5 Å². The molecule has 0 spiro atoms. The van der Waals surface area contributed by atoms with E-state index >= 15 is 0 Å². The Bertz CT molecular complexity index is 274. The lowest BCUT2D eigenvalue weighted by atomic mass is 10.3. The van der Waals surface area contributed by atoms with Gasteiger partial charge in [-0.15, -0.1) is 0 Å². The van der Waals surface area contributed by atoms with Crippen molar-refractivity contribution in [3.05, 3.63) is 0 Å². The standard InChI is InChI=1S/5C4H9.3Al.2O/c5*1-4(2)3;;;;;/h5*4H,1H2,2-3H3;;;;;. The van der Waals surface area contributed by atoms with E-state index in [-0.39, 0.29) is 0 Å². The Morgan fingerprint density at radius 3 is 0.880 bits per heavy atom. The largest absolute Gasteiger partial charge is 0.615 e. The molecule has 0 amide bonds. The molecule has 2 nitrogen and oxygen atoms in total. The van der Waals surface area contributed by atoms with E-state index in [9.17, 15) is 0 Å². The lowest BCUT2D eigenvalue weighted by Crippen LogP contribution is -2.39. The first-order chi connectivity index (χ1) is 11.5. The fourth-order valence-electron chi connectivity index (χ4n) is 3.48. The average Bonchev–Trinajstić information content (AvgIpc) is 2.33. The van der Waals surface area contributed by atoms with Gasteiger partial charge in [-0.25, -0.2) is 0 Å². The molecule has 0 heterocycles. The van der Waals surface area contributed by atoms with Gasteiger partial charge in [0.15, 0.2) is 0 Å². The van der Waals surface area contributed by atoms with Crippen LogP contribution in [0, 0.1) is 29.6 Å². The Kier molecular flexibility index (Phi) is 15.4. The predicted octanol–water partition coefficient (Wildman–Crippen LogP) is 6.77. The van der Waals surface area contributed by atoms with Gasteiger partial charge in [-0.1, -0.05) is 120 Å². The SMILES string of the molecule is CC(C)[CH2][Al]([CH2]C(C)C)[O][Al]([CH2]C(C)C)[O][Al]([CH2]C(C)C)[CH2]C(C)C. The van der Waals surface area contributed by atoms with Crippen molar-refractivity contribution in [1.29, 1.82) is 0 Å². The van der Waals surface area contributed by atoms with Crippen LogP contribution in [-0.2, 0) is 5.68 Å². The summed E-state index contributed by atoms with van der Waals surface area (Å²) >= 11 is -3.79. The maximum atomic E-state index is 6.87. The minimum atomic E-state index is -1.52. The van der Waals surface area contributed by atoms with Gasteiger partial charge in [0.2, 0.25) is 0 Å². The van der Waals surface area contributed by atoms with Crippen molar-refractivity contribution in [2.75, 3.05) is 0 Å². The van der Waals surface area contributed by atoms with Gasteiger partial charge >= 0.3 is 43.8 Å². The van der Waals surface area contributed by atoms with Crippen LogP contribution in [0.4, 0.5) is 0 Å². The van der Waals surface area contributed by atoms with Gasteiger partial charge in [-0.2, -0.15) is 0 Å². The van der Waals surface area contributed by atoms with Crippen LogP contribution in [0.3, 0.4) is 0 Å². The van der Waals surface area contributed by atoms with E-state index in [0.717, 1.165) is 23.7 Å². The molecule has 0 rings (SSSR count). The zero-order valence-electron chi connectivity index (χ0n) is 19.0. The molecule has 0 aromatic carbocycles. The van der Waals surface area contributed by atoms with Crippen LogP contribution < -0.4 is 0 Å². The second-order valence-electron chi connectivity index (χ2n) is 10.1. The quantitative estimate of drug-likeness (QED) is 0.301. The summed E-state index contributed by atoms with van der Waals surface area (Å²) in [4.78, 5) is 0. The highest BCUT2D eigenvalue weighted by molar-refractivity contribution is 6.69. The molecular weight excluding hydrogens is 353 g/mol. The summed E-state index contributed by atoms with van der Waals surface area (Å²) in [5.41, 5.74) is 0. The zero-order valence-corrected chi connectivity index (χ0v) is 22.4. The van der Waals surface area contributed by atoms with Crippen LogP contribution >= 0.6 is 0 Å². The van der Waals surface area contributed by atoms with Crippen LogP contribution in [0.25, 0.3) is 0 Å². The number of hydrogen-bond donors (Lipinski definition) is 0. The van der Waals surface area contributed by atoms with Crippen molar-refractivity contribution in [3.63, 3.8) is 0 Å². The lowest BCUT2D eigenvalue weighted by Gasteiger charge is -2.27.